The van der Waals surface area contributed by atoms with Crippen LogP contribution in [-0.2, 0) is 11.3 Å². The third-order valence-corrected chi connectivity index (χ3v) is 3.81. The number of hydrogen-bond acceptors (Lipinski definition) is 3. The standard InChI is InChI=1S/C12H19NO2S/c1-8-5-10(16-9(8)2)6-13-7-12(3,4)11(14)15/h5,13H,6-7H2,1-4H3,(H,14,15). The van der Waals surface area contributed by atoms with Gasteiger partial charge < -0.3 is 10.4 Å². The molecule has 0 aliphatic rings. The molecule has 0 amide bonds. The van der Waals surface area contributed by atoms with E-state index in [0.717, 1.165) is 6.54 Å². The van der Waals surface area contributed by atoms with E-state index in [4.69, 9.17) is 5.11 Å². The van der Waals surface area contributed by atoms with Gasteiger partial charge in [-0.25, -0.2) is 0 Å². The summed E-state index contributed by atoms with van der Waals surface area (Å²) in [5.74, 6) is -0.765. The van der Waals surface area contributed by atoms with Crippen molar-refractivity contribution in [1.29, 1.82) is 0 Å². The number of aryl methyl sites for hydroxylation is 2. The van der Waals surface area contributed by atoms with Crippen molar-refractivity contribution in [2.75, 3.05) is 6.54 Å². The number of thiophene rings is 1. The summed E-state index contributed by atoms with van der Waals surface area (Å²) in [6.07, 6.45) is 0. The average Bonchev–Trinajstić information content (AvgIpc) is 2.45. The Morgan fingerprint density at radius 3 is 2.56 bits per heavy atom. The molecule has 0 fully saturated rings. The Balaban J connectivity index is 2.44. The first-order valence-corrected chi connectivity index (χ1v) is 6.14. The highest BCUT2D eigenvalue weighted by atomic mass is 32.1. The summed E-state index contributed by atoms with van der Waals surface area (Å²) in [4.78, 5) is 13.5. The van der Waals surface area contributed by atoms with Crippen molar-refractivity contribution in [3.8, 4) is 0 Å². The molecule has 4 heteroatoms. The van der Waals surface area contributed by atoms with Crippen molar-refractivity contribution in [2.24, 2.45) is 5.41 Å². The lowest BCUT2D eigenvalue weighted by Crippen LogP contribution is -2.35. The maximum absolute atomic E-state index is 10.9. The maximum Gasteiger partial charge on any atom is 0.310 e. The topological polar surface area (TPSA) is 49.3 Å². The molecule has 0 aliphatic heterocycles. The van der Waals surface area contributed by atoms with Crippen molar-refractivity contribution in [3.63, 3.8) is 0 Å². The van der Waals surface area contributed by atoms with E-state index in [2.05, 4.69) is 25.2 Å². The van der Waals surface area contributed by atoms with E-state index in [1.165, 1.54) is 15.3 Å². The summed E-state index contributed by atoms with van der Waals surface area (Å²) in [6.45, 7) is 8.89. The van der Waals surface area contributed by atoms with E-state index in [1.54, 1.807) is 25.2 Å². The minimum absolute atomic E-state index is 0.484. The summed E-state index contributed by atoms with van der Waals surface area (Å²) in [7, 11) is 0. The molecule has 1 heterocycles. The van der Waals surface area contributed by atoms with Crippen molar-refractivity contribution >= 4 is 17.3 Å². The maximum atomic E-state index is 10.9. The molecular weight excluding hydrogens is 222 g/mol. The molecule has 0 radical (unpaired) electrons. The van der Waals surface area contributed by atoms with Crippen LogP contribution in [0.4, 0.5) is 0 Å². The van der Waals surface area contributed by atoms with E-state index >= 15 is 0 Å². The molecule has 0 aromatic carbocycles. The summed E-state index contributed by atoms with van der Waals surface area (Å²) < 4.78 is 0. The van der Waals surface area contributed by atoms with Crippen LogP contribution in [0, 0.1) is 19.3 Å². The predicted octanol–water partition coefficient (Wildman–Crippen LogP) is 2.57. The van der Waals surface area contributed by atoms with Gasteiger partial charge in [-0.1, -0.05) is 0 Å². The SMILES string of the molecule is Cc1cc(CNCC(C)(C)C(=O)O)sc1C. The zero-order valence-corrected chi connectivity index (χ0v) is 11.1. The van der Waals surface area contributed by atoms with Crippen molar-refractivity contribution in [2.45, 2.75) is 34.2 Å². The molecule has 0 bridgehead atoms. The number of carboxylic acid groups (broad SMARTS) is 1. The van der Waals surface area contributed by atoms with Crippen LogP contribution >= 0.6 is 11.3 Å². The Hall–Kier alpha value is -0.870. The van der Waals surface area contributed by atoms with Crippen LogP contribution in [0.5, 0.6) is 0 Å². The second-order valence-electron chi connectivity index (χ2n) is 4.74. The molecular formula is C12H19NO2S. The van der Waals surface area contributed by atoms with Gasteiger partial charge in [-0.15, -0.1) is 11.3 Å². The smallest absolute Gasteiger partial charge is 0.310 e. The van der Waals surface area contributed by atoms with E-state index in [-0.39, 0.29) is 0 Å². The fourth-order valence-electron chi connectivity index (χ4n) is 1.31. The molecule has 0 saturated heterocycles. The molecule has 3 nitrogen and oxygen atoms in total. The van der Waals surface area contributed by atoms with Gasteiger partial charge in [0.2, 0.25) is 0 Å². The van der Waals surface area contributed by atoms with Crippen molar-refractivity contribution < 1.29 is 9.90 Å². The van der Waals surface area contributed by atoms with E-state index in [1.807, 2.05) is 0 Å². The van der Waals surface area contributed by atoms with Crippen molar-refractivity contribution in [1.82, 2.24) is 5.32 Å². The Morgan fingerprint density at radius 1 is 1.50 bits per heavy atom. The van der Waals surface area contributed by atoms with Gasteiger partial charge in [-0.3, -0.25) is 4.79 Å². The minimum atomic E-state index is -0.765. The second-order valence-corrected chi connectivity index (χ2v) is 6.09. The third-order valence-electron chi connectivity index (χ3n) is 2.66. The Morgan fingerprint density at radius 2 is 2.12 bits per heavy atom. The summed E-state index contributed by atoms with van der Waals surface area (Å²) >= 11 is 1.76. The molecule has 1 aromatic heterocycles. The van der Waals surface area contributed by atoms with Gasteiger partial charge in [-0.2, -0.15) is 0 Å². The lowest BCUT2D eigenvalue weighted by molar-refractivity contribution is -0.146. The number of hydrogen-bond donors (Lipinski definition) is 2. The van der Waals surface area contributed by atoms with Crippen LogP contribution in [0.15, 0.2) is 6.07 Å². The van der Waals surface area contributed by atoms with Crippen LogP contribution < -0.4 is 5.32 Å². The highest BCUT2D eigenvalue weighted by molar-refractivity contribution is 7.12. The van der Waals surface area contributed by atoms with Crippen LogP contribution in [0.25, 0.3) is 0 Å². The molecule has 0 aliphatic carbocycles. The normalized spacial score (nSPS) is 11.8. The number of carboxylic acids is 1. The van der Waals surface area contributed by atoms with E-state index in [0.29, 0.717) is 6.54 Å². The molecule has 1 aromatic rings. The summed E-state index contributed by atoms with van der Waals surface area (Å²) in [6, 6.07) is 2.15. The zero-order chi connectivity index (χ0) is 12.3. The molecule has 2 N–H and O–H groups in total. The molecule has 0 saturated carbocycles. The molecule has 16 heavy (non-hydrogen) atoms. The monoisotopic (exact) mass is 241 g/mol. The van der Waals surface area contributed by atoms with Crippen LogP contribution in [-0.4, -0.2) is 17.6 Å². The largest absolute Gasteiger partial charge is 0.481 e. The highest BCUT2D eigenvalue weighted by Gasteiger charge is 2.26. The van der Waals surface area contributed by atoms with Gasteiger partial charge in [0.1, 0.15) is 0 Å². The average molecular weight is 241 g/mol. The zero-order valence-electron chi connectivity index (χ0n) is 10.3. The fraction of sp³-hybridized carbons (Fsp3) is 0.583. The van der Waals surface area contributed by atoms with Crippen molar-refractivity contribution in [3.05, 3.63) is 21.4 Å². The van der Waals surface area contributed by atoms with E-state index in [9.17, 15) is 4.79 Å². The highest BCUT2D eigenvalue weighted by Crippen LogP contribution is 2.21. The molecule has 90 valence electrons. The first kappa shape index (κ1) is 13.2. The number of aliphatic carboxylic acids is 1. The Bertz CT molecular complexity index is 363. The lowest BCUT2D eigenvalue weighted by atomic mass is 9.94. The van der Waals surface area contributed by atoms with Gasteiger partial charge >= 0.3 is 5.97 Å². The van der Waals surface area contributed by atoms with Gasteiger partial charge in [0, 0.05) is 22.8 Å². The number of carbonyl (C=O) groups is 1. The Kier molecular flexibility index (Phi) is 4.10. The Labute approximate surface area is 100 Å². The number of rotatable bonds is 5. The van der Waals surface area contributed by atoms with Crippen LogP contribution in [0.3, 0.4) is 0 Å². The lowest BCUT2D eigenvalue weighted by Gasteiger charge is -2.19. The number of nitrogens with one attached hydrogen (secondary N) is 1. The second kappa shape index (κ2) is 4.97. The van der Waals surface area contributed by atoms with Crippen LogP contribution in [0.2, 0.25) is 0 Å². The molecule has 1 rings (SSSR count). The van der Waals surface area contributed by atoms with Gasteiger partial charge in [0.25, 0.3) is 0 Å². The molecule has 0 atom stereocenters. The third kappa shape index (κ3) is 3.32. The summed E-state index contributed by atoms with van der Waals surface area (Å²) in [5.41, 5.74) is 0.598. The van der Waals surface area contributed by atoms with Gasteiger partial charge in [0.15, 0.2) is 0 Å². The van der Waals surface area contributed by atoms with E-state index < -0.39 is 11.4 Å². The molecule has 0 unspecified atom stereocenters. The predicted molar refractivity (Wildman–Crippen MR) is 66.9 cm³/mol. The quantitative estimate of drug-likeness (QED) is 0.833. The summed E-state index contributed by atoms with van der Waals surface area (Å²) in [5, 5.41) is 12.1. The van der Waals surface area contributed by atoms with Gasteiger partial charge in [0.05, 0.1) is 5.41 Å². The fourth-order valence-corrected chi connectivity index (χ4v) is 2.33. The minimum Gasteiger partial charge on any atom is -0.481 e. The first-order valence-electron chi connectivity index (χ1n) is 5.33. The first-order chi connectivity index (χ1) is 7.33. The van der Waals surface area contributed by atoms with Gasteiger partial charge in [-0.05, 0) is 39.3 Å². The molecule has 0 spiro atoms. The van der Waals surface area contributed by atoms with Crippen LogP contribution in [0.1, 0.15) is 29.2 Å².